The number of carbonyl (C=O) groups is 1. The van der Waals surface area contributed by atoms with Gasteiger partial charge in [-0.1, -0.05) is 18.2 Å². The third kappa shape index (κ3) is 3.93. The molecule has 0 aliphatic carbocycles. The predicted molar refractivity (Wildman–Crippen MR) is 104 cm³/mol. The molecule has 0 bridgehead atoms. The molecule has 5 N–H and O–H groups in total. The van der Waals surface area contributed by atoms with Gasteiger partial charge in [0.1, 0.15) is 11.7 Å². The lowest BCUT2D eigenvalue weighted by Crippen LogP contribution is -2.21. The molecule has 0 aliphatic rings. The summed E-state index contributed by atoms with van der Waals surface area (Å²) in [4.78, 5) is 12.4. The fourth-order valence-corrected chi connectivity index (χ4v) is 2.42. The minimum atomic E-state index is -0.420. The molecule has 27 heavy (non-hydrogen) atoms. The van der Waals surface area contributed by atoms with Crippen molar-refractivity contribution in [3.8, 4) is 6.07 Å². The molecule has 0 aliphatic heterocycles. The molecule has 1 aromatic heterocycles. The van der Waals surface area contributed by atoms with E-state index < -0.39 is 5.84 Å². The summed E-state index contributed by atoms with van der Waals surface area (Å²) in [6.07, 6.45) is 0. The number of fused-ring (bicyclic) bond motifs is 1. The maximum atomic E-state index is 12.4. The highest BCUT2D eigenvalue weighted by molar-refractivity contribution is 6.45. The Balaban J connectivity index is 1.75. The Hall–Kier alpha value is -4.12. The maximum absolute atomic E-state index is 12.4. The van der Waals surface area contributed by atoms with Gasteiger partial charge in [0.2, 0.25) is 5.71 Å². The second-order valence-corrected chi connectivity index (χ2v) is 5.73. The summed E-state index contributed by atoms with van der Waals surface area (Å²) in [6.45, 7) is 1.82. The first-order chi connectivity index (χ1) is 13.0. The molecule has 2 aromatic carbocycles. The van der Waals surface area contributed by atoms with Crippen LogP contribution in [0.5, 0.6) is 0 Å². The number of para-hydroxylation sites is 1. The SMILES string of the molecule is Cc1cc(N/N=C(\C#N)C(=N)N)ccc1NC(=O)c1cc2ccccc2o1. The lowest BCUT2D eigenvalue weighted by molar-refractivity contribution is 0.0998. The molecule has 8 nitrogen and oxygen atoms in total. The van der Waals surface area contributed by atoms with E-state index in [1.807, 2.05) is 25.1 Å². The topological polar surface area (TPSA) is 140 Å². The van der Waals surface area contributed by atoms with Crippen LogP contribution in [0.15, 0.2) is 58.0 Å². The van der Waals surface area contributed by atoms with Gasteiger partial charge in [0.05, 0.1) is 5.69 Å². The summed E-state index contributed by atoms with van der Waals surface area (Å²) in [5, 5.41) is 23.5. The molecule has 1 heterocycles. The van der Waals surface area contributed by atoms with Gasteiger partial charge in [-0.15, -0.1) is 0 Å². The highest BCUT2D eigenvalue weighted by atomic mass is 16.3. The average molecular weight is 360 g/mol. The average Bonchev–Trinajstić information content (AvgIpc) is 3.08. The van der Waals surface area contributed by atoms with Crippen molar-refractivity contribution in [2.24, 2.45) is 10.8 Å². The fraction of sp³-hybridized carbons (Fsp3) is 0.0526. The van der Waals surface area contributed by atoms with Gasteiger partial charge in [-0.05, 0) is 42.8 Å². The molecule has 0 fully saturated rings. The maximum Gasteiger partial charge on any atom is 0.291 e. The van der Waals surface area contributed by atoms with Crippen LogP contribution >= 0.6 is 0 Å². The Labute approximate surface area is 154 Å². The standard InChI is InChI=1S/C19H16N6O2/c1-11-8-13(24-25-15(10-20)18(21)22)6-7-14(11)23-19(26)17-9-12-4-2-3-5-16(12)27-17/h2-9,24H,1H3,(H3,21,22)(H,23,26)/b25-15+. The van der Waals surface area contributed by atoms with Crippen molar-refractivity contribution in [1.29, 1.82) is 10.7 Å². The van der Waals surface area contributed by atoms with Gasteiger partial charge in [-0.25, -0.2) is 0 Å². The van der Waals surface area contributed by atoms with Crippen molar-refractivity contribution < 1.29 is 9.21 Å². The van der Waals surface area contributed by atoms with Crippen molar-refractivity contribution in [1.82, 2.24) is 0 Å². The summed E-state index contributed by atoms with van der Waals surface area (Å²) >= 11 is 0. The van der Waals surface area contributed by atoms with Gasteiger partial charge in [-0.3, -0.25) is 15.6 Å². The van der Waals surface area contributed by atoms with E-state index in [-0.39, 0.29) is 17.4 Å². The van der Waals surface area contributed by atoms with Crippen molar-refractivity contribution >= 4 is 39.8 Å². The lowest BCUT2D eigenvalue weighted by Gasteiger charge is -2.09. The second-order valence-electron chi connectivity index (χ2n) is 5.73. The molecule has 1 amide bonds. The molecule has 8 heteroatoms. The van der Waals surface area contributed by atoms with Gasteiger partial charge >= 0.3 is 0 Å². The van der Waals surface area contributed by atoms with E-state index in [2.05, 4.69) is 15.8 Å². The third-order valence-electron chi connectivity index (χ3n) is 3.78. The lowest BCUT2D eigenvalue weighted by atomic mass is 10.1. The predicted octanol–water partition coefficient (Wildman–Crippen LogP) is 3.22. The van der Waals surface area contributed by atoms with Crippen molar-refractivity contribution in [2.75, 3.05) is 10.7 Å². The number of hydrogen-bond donors (Lipinski definition) is 4. The second kappa shape index (κ2) is 7.41. The number of hydrogen-bond acceptors (Lipinski definition) is 6. The van der Waals surface area contributed by atoms with Crippen LogP contribution in [0.25, 0.3) is 11.0 Å². The van der Waals surface area contributed by atoms with E-state index in [4.69, 9.17) is 20.8 Å². The number of aryl methyl sites for hydroxylation is 1. The minimum absolute atomic E-state index is 0.213. The summed E-state index contributed by atoms with van der Waals surface area (Å²) in [5.74, 6) is -0.546. The number of furan rings is 1. The number of rotatable bonds is 5. The van der Waals surface area contributed by atoms with Crippen LogP contribution in [-0.4, -0.2) is 17.5 Å². The highest BCUT2D eigenvalue weighted by Crippen LogP contribution is 2.23. The van der Waals surface area contributed by atoms with E-state index >= 15 is 0 Å². The van der Waals surface area contributed by atoms with Crippen molar-refractivity contribution in [3.63, 3.8) is 0 Å². The molecular weight excluding hydrogens is 344 g/mol. The van der Waals surface area contributed by atoms with E-state index in [9.17, 15) is 4.79 Å². The molecule has 3 rings (SSSR count). The number of hydrazone groups is 1. The normalized spacial score (nSPS) is 11.0. The summed E-state index contributed by atoms with van der Waals surface area (Å²) < 4.78 is 5.56. The van der Waals surface area contributed by atoms with Gasteiger partial charge in [0, 0.05) is 11.1 Å². The zero-order valence-corrected chi connectivity index (χ0v) is 14.4. The number of amidine groups is 1. The molecule has 0 unspecified atom stereocenters. The highest BCUT2D eigenvalue weighted by Gasteiger charge is 2.13. The Kier molecular flexibility index (Phi) is 4.86. The summed E-state index contributed by atoms with van der Waals surface area (Å²) in [5.41, 5.74) is 10.3. The zero-order chi connectivity index (χ0) is 19.4. The van der Waals surface area contributed by atoms with E-state index in [0.29, 0.717) is 17.0 Å². The molecule has 0 atom stereocenters. The first-order valence-corrected chi connectivity index (χ1v) is 7.96. The first kappa shape index (κ1) is 17.7. The molecule has 3 aromatic rings. The molecule has 0 saturated carbocycles. The van der Waals surface area contributed by atoms with Crippen LogP contribution < -0.4 is 16.5 Å². The third-order valence-corrected chi connectivity index (χ3v) is 3.78. The van der Waals surface area contributed by atoms with Crippen LogP contribution in [0.3, 0.4) is 0 Å². The van der Waals surface area contributed by atoms with Gasteiger partial charge in [-0.2, -0.15) is 10.4 Å². The van der Waals surface area contributed by atoms with Crippen LogP contribution in [0.2, 0.25) is 0 Å². The number of nitrogens with two attached hydrogens (primary N) is 1. The minimum Gasteiger partial charge on any atom is -0.451 e. The van der Waals surface area contributed by atoms with Crippen molar-refractivity contribution in [2.45, 2.75) is 6.92 Å². The van der Waals surface area contributed by atoms with Crippen LogP contribution in [0.1, 0.15) is 16.1 Å². The molecule has 0 spiro atoms. The summed E-state index contributed by atoms with van der Waals surface area (Å²) in [6, 6.07) is 15.9. The van der Waals surface area contributed by atoms with E-state index in [1.165, 1.54) is 0 Å². The number of nitriles is 1. The Morgan fingerprint density at radius 1 is 1.26 bits per heavy atom. The quantitative estimate of drug-likeness (QED) is 0.314. The number of nitrogens with zero attached hydrogens (tertiary/aromatic N) is 2. The van der Waals surface area contributed by atoms with E-state index in [1.54, 1.807) is 36.4 Å². The molecule has 134 valence electrons. The van der Waals surface area contributed by atoms with Gasteiger partial charge in [0.15, 0.2) is 11.6 Å². The number of benzene rings is 2. The number of anilines is 2. The van der Waals surface area contributed by atoms with Crippen LogP contribution in [-0.2, 0) is 0 Å². The molecular formula is C19H16N6O2. The van der Waals surface area contributed by atoms with Crippen LogP contribution in [0, 0.1) is 23.7 Å². The monoisotopic (exact) mass is 360 g/mol. The number of carbonyl (C=O) groups excluding carboxylic acids is 1. The van der Waals surface area contributed by atoms with Crippen LogP contribution in [0.4, 0.5) is 11.4 Å². The zero-order valence-electron chi connectivity index (χ0n) is 14.4. The fourth-order valence-electron chi connectivity index (χ4n) is 2.42. The van der Waals surface area contributed by atoms with Gasteiger partial charge < -0.3 is 15.5 Å². The number of nitrogens with one attached hydrogen (secondary N) is 3. The summed E-state index contributed by atoms with van der Waals surface area (Å²) in [7, 11) is 0. The molecule has 0 radical (unpaired) electrons. The molecule has 0 saturated heterocycles. The Bertz CT molecular complexity index is 1070. The largest absolute Gasteiger partial charge is 0.451 e. The van der Waals surface area contributed by atoms with E-state index in [0.717, 1.165) is 10.9 Å². The first-order valence-electron chi connectivity index (χ1n) is 7.96. The smallest absolute Gasteiger partial charge is 0.291 e. The number of amides is 1. The Morgan fingerprint density at radius 3 is 2.70 bits per heavy atom. The van der Waals surface area contributed by atoms with Gasteiger partial charge in [0.25, 0.3) is 5.91 Å². The van der Waals surface area contributed by atoms with Crippen molar-refractivity contribution in [3.05, 3.63) is 59.9 Å². The Morgan fingerprint density at radius 2 is 2.04 bits per heavy atom.